The molecule has 4 amide bonds. The van der Waals surface area contributed by atoms with Gasteiger partial charge < -0.3 is 9.47 Å². The van der Waals surface area contributed by atoms with E-state index < -0.39 is 34.0 Å². The lowest BCUT2D eigenvalue weighted by Gasteiger charge is -2.25. The number of nitrogens with one attached hydrogen (secondary N) is 1. The van der Waals surface area contributed by atoms with E-state index in [9.17, 15) is 14.4 Å². The van der Waals surface area contributed by atoms with Crippen molar-refractivity contribution in [3.8, 4) is 0 Å². The zero-order valence-corrected chi connectivity index (χ0v) is 13.7. The maximum atomic E-state index is 12.3. The minimum atomic E-state index is -1.13. The van der Waals surface area contributed by atoms with E-state index in [2.05, 4.69) is 5.10 Å². The number of nitrogens with zero attached hydrogens (tertiary/aromatic N) is 2. The summed E-state index contributed by atoms with van der Waals surface area (Å²) in [6, 6.07) is -0.978. The number of hydrogen-bond donors (Lipinski definition) is 1. The van der Waals surface area contributed by atoms with Gasteiger partial charge in [-0.3, -0.25) is 0 Å². The summed E-state index contributed by atoms with van der Waals surface area (Å²) in [5, 5.41) is 5.80. The number of allylic oxidation sites excluding steroid dienone is 1. The molecule has 0 aliphatic carbocycles. The predicted octanol–water partition coefficient (Wildman–Crippen LogP) is 2.90. The number of quaternary nitrogens is 1. The molecule has 0 aromatic heterocycles. The molecule has 1 N–H and O–H groups in total. The van der Waals surface area contributed by atoms with Crippen molar-refractivity contribution in [3.63, 3.8) is 0 Å². The van der Waals surface area contributed by atoms with Gasteiger partial charge in [0.1, 0.15) is 17.4 Å². The summed E-state index contributed by atoms with van der Waals surface area (Å²) >= 11 is 0. The molecule has 1 rings (SSSR count). The monoisotopic (exact) mass is 312 g/mol. The third kappa shape index (κ3) is 4.66. The Morgan fingerprint density at radius 1 is 1.00 bits per heavy atom. The van der Waals surface area contributed by atoms with Crippen LogP contribution in [0, 0.1) is 0 Å². The predicted molar refractivity (Wildman–Crippen MR) is 78.9 cm³/mol. The number of carbonyl (C=O) groups is 3. The number of urea groups is 1. The molecule has 1 aliphatic rings. The second-order valence-electron chi connectivity index (χ2n) is 6.70. The summed E-state index contributed by atoms with van der Waals surface area (Å²) in [4.78, 5) is 36.2. The highest BCUT2D eigenvalue weighted by atomic mass is 16.6. The molecule has 0 spiro atoms. The Bertz CT molecular complexity index is 526. The molecule has 1 atom stereocenters. The van der Waals surface area contributed by atoms with Crippen LogP contribution in [0.2, 0.25) is 0 Å². The first kappa shape index (κ1) is 17.8. The molecule has 0 aromatic rings. The van der Waals surface area contributed by atoms with Crippen LogP contribution in [0.4, 0.5) is 14.4 Å². The van der Waals surface area contributed by atoms with Gasteiger partial charge in [0.25, 0.3) is 0 Å². The van der Waals surface area contributed by atoms with Crippen molar-refractivity contribution in [3.05, 3.63) is 12.3 Å². The largest absolute Gasteiger partial charge is 0.558 e. The van der Waals surface area contributed by atoms with Gasteiger partial charge in [-0.15, -0.1) is 0 Å². The maximum absolute atomic E-state index is 12.3. The third-order valence-electron chi connectivity index (χ3n) is 2.23. The van der Waals surface area contributed by atoms with Crippen molar-refractivity contribution in [2.45, 2.75) is 52.7 Å². The lowest BCUT2D eigenvalue weighted by molar-refractivity contribution is -0.726. The number of imide groups is 2. The number of carbonyl (C=O) groups excluding carboxylic acids is 3. The minimum Gasteiger partial charge on any atom is -0.443 e. The van der Waals surface area contributed by atoms with E-state index in [-0.39, 0.29) is 0 Å². The molecule has 122 valence electrons. The molecule has 1 unspecified atom stereocenters. The van der Waals surface area contributed by atoms with Crippen molar-refractivity contribution in [1.29, 1.82) is 0 Å². The second kappa shape index (κ2) is 5.88. The van der Waals surface area contributed by atoms with Gasteiger partial charge in [0.05, 0.1) is 6.21 Å². The maximum Gasteiger partial charge on any atom is 0.558 e. The van der Waals surface area contributed by atoms with Crippen molar-refractivity contribution in [2.75, 3.05) is 0 Å². The van der Waals surface area contributed by atoms with Crippen LogP contribution in [0.25, 0.3) is 0 Å². The second-order valence-corrected chi connectivity index (χ2v) is 6.70. The van der Waals surface area contributed by atoms with Crippen LogP contribution < -0.4 is 5.32 Å². The Morgan fingerprint density at radius 3 is 1.95 bits per heavy atom. The molecule has 8 nitrogen and oxygen atoms in total. The summed E-state index contributed by atoms with van der Waals surface area (Å²) < 4.78 is 9.04. The van der Waals surface area contributed by atoms with Gasteiger partial charge in [0.15, 0.2) is 0 Å². The van der Waals surface area contributed by atoms with Gasteiger partial charge in [-0.25, -0.2) is 14.9 Å². The standard InChI is InChI=1S/C14H21N3O5/c1-13(2,3)21-11(19)16-10(18)17(9-7-8-15-17)12(20)22-14(4,5)6/h7-9H,1-6H3/p+1. The van der Waals surface area contributed by atoms with Gasteiger partial charge in [-0.1, -0.05) is 5.10 Å². The number of rotatable bonds is 0. The number of ether oxygens (including phenoxy) is 2. The molecular formula is C14H22N3O5+. The van der Waals surface area contributed by atoms with Crippen LogP contribution in [0.3, 0.4) is 0 Å². The molecule has 8 heteroatoms. The van der Waals surface area contributed by atoms with Crippen LogP contribution in [0.15, 0.2) is 17.4 Å². The van der Waals surface area contributed by atoms with Crippen LogP contribution in [-0.2, 0) is 9.47 Å². The number of alkyl carbamates (subject to hydrolysis) is 1. The van der Waals surface area contributed by atoms with Crippen molar-refractivity contribution >= 4 is 24.4 Å². The van der Waals surface area contributed by atoms with Crippen LogP contribution in [-0.4, -0.2) is 40.2 Å². The first-order chi connectivity index (χ1) is 9.86. The summed E-state index contributed by atoms with van der Waals surface area (Å²) in [5.74, 6) is 0. The summed E-state index contributed by atoms with van der Waals surface area (Å²) in [7, 11) is 0. The highest BCUT2D eigenvalue weighted by Gasteiger charge is 2.50. The molecule has 0 saturated heterocycles. The van der Waals surface area contributed by atoms with Gasteiger partial charge >= 0.3 is 18.2 Å². The quantitative estimate of drug-likeness (QED) is 0.694. The molecule has 22 heavy (non-hydrogen) atoms. The van der Waals surface area contributed by atoms with Gasteiger partial charge in [0.2, 0.25) is 0 Å². The van der Waals surface area contributed by atoms with Gasteiger partial charge in [-0.2, -0.15) is 4.79 Å². The minimum absolute atomic E-state index is 0.773. The molecule has 0 bridgehead atoms. The Kier molecular flexibility index (Phi) is 4.76. The smallest absolute Gasteiger partial charge is 0.443 e. The fraction of sp³-hybridized carbons (Fsp3) is 0.571. The SMILES string of the molecule is CC(C)(C)OC(=O)NC(=O)[N+]1(C(=O)OC(C)(C)C)C=CC=N1. The van der Waals surface area contributed by atoms with Gasteiger partial charge in [-0.05, 0) is 41.5 Å². The van der Waals surface area contributed by atoms with Crippen LogP contribution in [0.5, 0.6) is 0 Å². The summed E-state index contributed by atoms with van der Waals surface area (Å²) in [6.07, 6.45) is 2.03. The lowest BCUT2D eigenvalue weighted by Crippen LogP contribution is -2.56. The number of amides is 4. The Balaban J connectivity index is 2.90. The zero-order chi connectivity index (χ0) is 17.2. The fourth-order valence-electron chi connectivity index (χ4n) is 1.46. The molecule has 0 saturated carbocycles. The first-order valence-electron chi connectivity index (χ1n) is 6.76. The van der Waals surface area contributed by atoms with E-state index in [1.807, 2.05) is 5.32 Å². The van der Waals surface area contributed by atoms with E-state index in [4.69, 9.17) is 9.47 Å². The Morgan fingerprint density at radius 2 is 1.55 bits per heavy atom. The topological polar surface area (TPSA) is 94.1 Å². The highest BCUT2D eigenvalue weighted by molar-refractivity contribution is 5.93. The molecule has 1 heterocycles. The van der Waals surface area contributed by atoms with E-state index in [0.29, 0.717) is 0 Å². The van der Waals surface area contributed by atoms with Crippen LogP contribution >= 0.6 is 0 Å². The van der Waals surface area contributed by atoms with E-state index in [0.717, 1.165) is 0 Å². The van der Waals surface area contributed by atoms with E-state index in [1.165, 1.54) is 18.5 Å². The third-order valence-corrected chi connectivity index (χ3v) is 2.23. The molecule has 0 aromatic carbocycles. The average molecular weight is 312 g/mol. The Hall–Kier alpha value is -2.22. The van der Waals surface area contributed by atoms with E-state index in [1.54, 1.807) is 41.5 Å². The van der Waals surface area contributed by atoms with E-state index >= 15 is 0 Å². The summed E-state index contributed by atoms with van der Waals surface area (Å²) in [5.41, 5.74) is -1.58. The Labute approximate surface area is 129 Å². The van der Waals surface area contributed by atoms with Crippen molar-refractivity contribution in [2.24, 2.45) is 5.10 Å². The van der Waals surface area contributed by atoms with Crippen LogP contribution in [0.1, 0.15) is 41.5 Å². The first-order valence-corrected chi connectivity index (χ1v) is 6.76. The number of hydrogen-bond acceptors (Lipinski definition) is 6. The summed E-state index contributed by atoms with van der Waals surface area (Å²) in [6.45, 7) is 9.96. The molecule has 0 fully saturated rings. The average Bonchev–Trinajstić information content (AvgIpc) is 2.73. The highest BCUT2D eigenvalue weighted by Crippen LogP contribution is 2.21. The van der Waals surface area contributed by atoms with Crippen molar-refractivity contribution < 1.29 is 28.4 Å². The molecule has 1 aliphatic heterocycles. The van der Waals surface area contributed by atoms with Crippen molar-refractivity contribution in [1.82, 2.24) is 5.32 Å². The normalized spacial score (nSPS) is 20.6. The molecule has 0 radical (unpaired) electrons. The molecular weight excluding hydrogens is 290 g/mol. The zero-order valence-electron chi connectivity index (χ0n) is 13.7. The fourth-order valence-corrected chi connectivity index (χ4v) is 1.46. The van der Waals surface area contributed by atoms with Gasteiger partial charge in [0, 0.05) is 10.7 Å². The lowest BCUT2D eigenvalue weighted by atomic mass is 10.2.